The molecule has 0 bridgehead atoms. The second-order valence-electron chi connectivity index (χ2n) is 3.56. The van der Waals surface area contributed by atoms with Gasteiger partial charge in [-0.3, -0.25) is 0 Å². The van der Waals surface area contributed by atoms with E-state index in [0.29, 0.717) is 4.88 Å². The number of benzene rings is 1. The van der Waals surface area contributed by atoms with Crippen molar-refractivity contribution < 1.29 is 15.0 Å². The number of phenolic OH excluding ortho intramolecular Hbond substituents is 1. The minimum absolute atomic E-state index is 0.193. The summed E-state index contributed by atoms with van der Waals surface area (Å²) in [5, 5.41) is 20.0. The number of hydrogen-bond acceptors (Lipinski definition) is 3. The molecule has 0 aliphatic carbocycles. The number of hydrogen-bond donors (Lipinski definition) is 2. The van der Waals surface area contributed by atoms with Crippen molar-refractivity contribution >= 4 is 17.3 Å². The van der Waals surface area contributed by atoms with Gasteiger partial charge >= 0.3 is 5.97 Å². The maximum Gasteiger partial charge on any atom is 0.345 e. The molecule has 0 spiro atoms. The van der Waals surface area contributed by atoms with Gasteiger partial charge in [-0.25, -0.2) is 4.79 Å². The van der Waals surface area contributed by atoms with Crippen LogP contribution in [-0.2, 0) is 0 Å². The smallest absolute Gasteiger partial charge is 0.345 e. The van der Waals surface area contributed by atoms with Crippen LogP contribution >= 0.6 is 11.3 Å². The number of thiophene rings is 1. The summed E-state index contributed by atoms with van der Waals surface area (Å²) in [6.45, 7) is 1.88. The highest BCUT2D eigenvalue weighted by Gasteiger charge is 2.08. The lowest BCUT2D eigenvalue weighted by molar-refractivity contribution is 0.0702. The fourth-order valence-electron chi connectivity index (χ4n) is 1.53. The van der Waals surface area contributed by atoms with E-state index in [1.54, 1.807) is 23.6 Å². The second kappa shape index (κ2) is 3.98. The van der Waals surface area contributed by atoms with Crippen LogP contribution in [0.2, 0.25) is 0 Å². The molecule has 0 fully saturated rings. The normalized spacial score (nSPS) is 10.3. The average molecular weight is 234 g/mol. The molecule has 3 nitrogen and oxygen atoms in total. The van der Waals surface area contributed by atoms with Gasteiger partial charge in [0.15, 0.2) is 0 Å². The summed E-state index contributed by atoms with van der Waals surface area (Å²) in [5.41, 5.74) is 2.60. The topological polar surface area (TPSA) is 57.5 Å². The van der Waals surface area contributed by atoms with E-state index < -0.39 is 5.97 Å². The Labute approximate surface area is 96.6 Å². The first-order valence-electron chi connectivity index (χ1n) is 4.69. The van der Waals surface area contributed by atoms with Crippen LogP contribution < -0.4 is 0 Å². The number of aromatic carboxylic acids is 1. The van der Waals surface area contributed by atoms with E-state index >= 15 is 0 Å². The Balaban J connectivity index is 2.46. The first kappa shape index (κ1) is 10.7. The molecule has 0 saturated heterocycles. The van der Waals surface area contributed by atoms with Crippen molar-refractivity contribution in [3.05, 3.63) is 40.1 Å². The first-order valence-corrected chi connectivity index (χ1v) is 5.57. The molecule has 0 unspecified atom stereocenters. The van der Waals surface area contributed by atoms with Gasteiger partial charge in [-0.1, -0.05) is 6.07 Å². The van der Waals surface area contributed by atoms with Gasteiger partial charge < -0.3 is 10.2 Å². The van der Waals surface area contributed by atoms with E-state index in [2.05, 4.69) is 0 Å². The molecule has 4 heteroatoms. The fraction of sp³-hybridized carbons (Fsp3) is 0.0833. The Morgan fingerprint density at radius 3 is 2.50 bits per heavy atom. The first-order chi connectivity index (χ1) is 7.56. The highest BCUT2D eigenvalue weighted by Crippen LogP contribution is 2.29. The van der Waals surface area contributed by atoms with Gasteiger partial charge in [-0.05, 0) is 47.2 Å². The molecule has 1 heterocycles. The molecule has 16 heavy (non-hydrogen) atoms. The molecular weight excluding hydrogens is 224 g/mol. The van der Waals surface area contributed by atoms with Crippen LogP contribution in [0.4, 0.5) is 0 Å². The SMILES string of the molecule is Cc1cc(O)cc(-c2csc(C(=O)O)c2)c1. The summed E-state index contributed by atoms with van der Waals surface area (Å²) in [7, 11) is 0. The van der Waals surface area contributed by atoms with Crippen molar-refractivity contribution in [3.63, 3.8) is 0 Å². The standard InChI is InChI=1S/C12H10O3S/c1-7-2-8(4-10(13)3-7)9-5-11(12(14)15)16-6-9/h2-6,13H,1H3,(H,14,15). The Bertz CT molecular complexity index is 523. The van der Waals surface area contributed by atoms with Crippen LogP contribution in [0.15, 0.2) is 29.6 Å². The van der Waals surface area contributed by atoms with Crippen molar-refractivity contribution in [2.24, 2.45) is 0 Å². The van der Waals surface area contributed by atoms with Crippen LogP contribution in [0.1, 0.15) is 15.2 Å². The number of carboxylic acid groups (broad SMARTS) is 1. The highest BCUT2D eigenvalue weighted by atomic mass is 32.1. The molecule has 82 valence electrons. The number of aryl methyl sites for hydroxylation is 1. The molecule has 0 atom stereocenters. The van der Waals surface area contributed by atoms with Crippen LogP contribution in [0, 0.1) is 6.92 Å². The molecule has 1 aromatic carbocycles. The van der Waals surface area contributed by atoms with Crippen LogP contribution in [0.5, 0.6) is 5.75 Å². The summed E-state index contributed by atoms with van der Waals surface area (Å²) >= 11 is 1.18. The van der Waals surface area contributed by atoms with Gasteiger partial charge in [-0.2, -0.15) is 0 Å². The minimum atomic E-state index is -0.923. The molecule has 0 radical (unpaired) electrons. The van der Waals surface area contributed by atoms with Crippen molar-refractivity contribution in [1.29, 1.82) is 0 Å². The number of aromatic hydroxyl groups is 1. The molecule has 0 amide bonds. The maximum atomic E-state index is 10.7. The van der Waals surface area contributed by atoms with E-state index in [-0.39, 0.29) is 5.75 Å². The van der Waals surface area contributed by atoms with Gasteiger partial charge in [0.25, 0.3) is 0 Å². The van der Waals surface area contributed by atoms with E-state index in [4.69, 9.17) is 5.11 Å². The van der Waals surface area contributed by atoms with Gasteiger partial charge in [0.2, 0.25) is 0 Å². The Morgan fingerprint density at radius 1 is 1.19 bits per heavy atom. The number of phenols is 1. The van der Waals surface area contributed by atoms with E-state index in [1.165, 1.54) is 11.3 Å². The number of carbonyl (C=O) groups is 1. The molecular formula is C12H10O3S. The van der Waals surface area contributed by atoms with Gasteiger partial charge in [-0.15, -0.1) is 11.3 Å². The quantitative estimate of drug-likeness (QED) is 0.839. The lowest BCUT2D eigenvalue weighted by Gasteiger charge is -2.01. The molecule has 2 aromatic rings. The van der Waals surface area contributed by atoms with E-state index in [1.807, 2.05) is 13.0 Å². The summed E-state index contributed by atoms with van der Waals surface area (Å²) in [5.74, 6) is -0.730. The fourth-order valence-corrected chi connectivity index (χ4v) is 2.28. The van der Waals surface area contributed by atoms with Crippen molar-refractivity contribution in [2.75, 3.05) is 0 Å². The van der Waals surface area contributed by atoms with Crippen LogP contribution in [0.3, 0.4) is 0 Å². The molecule has 2 N–H and O–H groups in total. The minimum Gasteiger partial charge on any atom is -0.508 e. The monoisotopic (exact) mass is 234 g/mol. The van der Waals surface area contributed by atoms with Crippen molar-refractivity contribution in [2.45, 2.75) is 6.92 Å². The van der Waals surface area contributed by atoms with Crippen molar-refractivity contribution in [3.8, 4) is 16.9 Å². The Morgan fingerprint density at radius 2 is 1.94 bits per heavy atom. The Kier molecular flexibility index (Phi) is 2.66. The zero-order valence-corrected chi connectivity index (χ0v) is 9.41. The maximum absolute atomic E-state index is 10.7. The molecule has 0 aliphatic rings. The molecule has 1 aromatic heterocycles. The summed E-state index contributed by atoms with van der Waals surface area (Å²) < 4.78 is 0. The Hall–Kier alpha value is -1.81. The number of carboxylic acids is 1. The summed E-state index contributed by atoms with van der Waals surface area (Å²) in [6.07, 6.45) is 0. The summed E-state index contributed by atoms with van der Waals surface area (Å²) in [6, 6.07) is 6.81. The molecule has 0 aliphatic heterocycles. The third-order valence-electron chi connectivity index (χ3n) is 2.21. The van der Waals surface area contributed by atoms with Gasteiger partial charge in [0.05, 0.1) is 0 Å². The van der Waals surface area contributed by atoms with Crippen molar-refractivity contribution in [1.82, 2.24) is 0 Å². The summed E-state index contributed by atoms with van der Waals surface area (Å²) in [4.78, 5) is 11.0. The largest absolute Gasteiger partial charge is 0.508 e. The third-order valence-corrected chi connectivity index (χ3v) is 3.12. The third kappa shape index (κ3) is 2.06. The lowest BCUT2D eigenvalue weighted by atomic mass is 10.1. The molecule has 0 saturated carbocycles. The highest BCUT2D eigenvalue weighted by molar-refractivity contribution is 7.12. The zero-order valence-electron chi connectivity index (χ0n) is 8.60. The predicted molar refractivity (Wildman–Crippen MR) is 63.1 cm³/mol. The van der Waals surface area contributed by atoms with E-state index in [9.17, 15) is 9.90 Å². The van der Waals surface area contributed by atoms with Gasteiger partial charge in [0, 0.05) is 0 Å². The second-order valence-corrected chi connectivity index (χ2v) is 4.47. The van der Waals surface area contributed by atoms with E-state index in [0.717, 1.165) is 16.7 Å². The van der Waals surface area contributed by atoms with Crippen LogP contribution in [-0.4, -0.2) is 16.2 Å². The lowest BCUT2D eigenvalue weighted by Crippen LogP contribution is -1.90. The average Bonchev–Trinajstić information content (AvgIpc) is 2.64. The number of rotatable bonds is 2. The van der Waals surface area contributed by atoms with Crippen LogP contribution in [0.25, 0.3) is 11.1 Å². The van der Waals surface area contributed by atoms with Gasteiger partial charge in [0.1, 0.15) is 10.6 Å². The molecule has 2 rings (SSSR count). The zero-order chi connectivity index (χ0) is 11.7. The predicted octanol–water partition coefficient (Wildman–Crippen LogP) is 3.13.